The fraction of sp³-hybridized carbons (Fsp3) is 0.143. The third-order valence-corrected chi connectivity index (χ3v) is 4.61. The van der Waals surface area contributed by atoms with Crippen LogP contribution in [0.3, 0.4) is 0 Å². The summed E-state index contributed by atoms with van der Waals surface area (Å²) in [6.45, 7) is 3.80. The van der Waals surface area contributed by atoms with Crippen LogP contribution in [0.1, 0.15) is 11.1 Å². The third kappa shape index (κ3) is 3.05. The maximum atomic E-state index is 12.3. The number of benzene rings is 2. The van der Waals surface area contributed by atoms with Crippen molar-refractivity contribution in [3.8, 4) is 0 Å². The molecule has 0 unspecified atom stereocenters. The van der Waals surface area contributed by atoms with Crippen LogP contribution in [0.2, 0.25) is 5.02 Å². The van der Waals surface area contributed by atoms with E-state index in [1.54, 1.807) is 6.07 Å². The van der Waals surface area contributed by atoms with E-state index in [0.29, 0.717) is 10.7 Å². The van der Waals surface area contributed by atoms with E-state index in [-0.39, 0.29) is 10.6 Å². The highest BCUT2D eigenvalue weighted by Gasteiger charge is 2.16. The monoisotopic (exact) mass is 310 g/mol. The Morgan fingerprint density at radius 2 is 1.80 bits per heavy atom. The summed E-state index contributed by atoms with van der Waals surface area (Å²) in [6, 6.07) is 9.73. The molecular weight excluding hydrogens is 296 g/mol. The molecule has 2 aromatic rings. The van der Waals surface area contributed by atoms with Gasteiger partial charge in [-0.25, -0.2) is 8.42 Å². The first-order chi connectivity index (χ1) is 9.29. The summed E-state index contributed by atoms with van der Waals surface area (Å²) in [5, 5.41) is 0.329. The van der Waals surface area contributed by atoms with Gasteiger partial charge in [-0.1, -0.05) is 29.3 Å². The van der Waals surface area contributed by atoms with Gasteiger partial charge in [-0.2, -0.15) is 0 Å². The highest BCUT2D eigenvalue weighted by Crippen LogP contribution is 2.25. The molecule has 0 heterocycles. The highest BCUT2D eigenvalue weighted by atomic mass is 35.5. The zero-order valence-electron chi connectivity index (χ0n) is 11.1. The number of rotatable bonds is 3. The van der Waals surface area contributed by atoms with Crippen LogP contribution in [-0.2, 0) is 10.0 Å². The number of hydrogen-bond donors (Lipinski definition) is 2. The van der Waals surface area contributed by atoms with E-state index in [4.69, 9.17) is 17.3 Å². The van der Waals surface area contributed by atoms with Gasteiger partial charge in [-0.05, 0) is 43.7 Å². The lowest BCUT2D eigenvalue weighted by Gasteiger charge is -2.11. The van der Waals surface area contributed by atoms with Crippen molar-refractivity contribution in [2.24, 2.45) is 0 Å². The average Bonchev–Trinajstić information content (AvgIpc) is 2.36. The van der Waals surface area contributed by atoms with E-state index in [2.05, 4.69) is 4.72 Å². The van der Waals surface area contributed by atoms with E-state index < -0.39 is 10.0 Å². The summed E-state index contributed by atoms with van der Waals surface area (Å²) in [4.78, 5) is 0.0828. The van der Waals surface area contributed by atoms with Crippen molar-refractivity contribution in [1.82, 2.24) is 0 Å². The summed E-state index contributed by atoms with van der Waals surface area (Å²) >= 11 is 5.79. The van der Waals surface area contributed by atoms with Crippen molar-refractivity contribution < 1.29 is 8.42 Å². The van der Waals surface area contributed by atoms with Crippen LogP contribution in [0, 0.1) is 13.8 Å². The van der Waals surface area contributed by atoms with Crippen LogP contribution in [0.4, 0.5) is 11.4 Å². The second-order valence-electron chi connectivity index (χ2n) is 4.61. The lowest BCUT2D eigenvalue weighted by atomic mass is 10.1. The lowest BCUT2D eigenvalue weighted by molar-refractivity contribution is 0.601. The van der Waals surface area contributed by atoms with Crippen LogP contribution >= 0.6 is 11.6 Å². The molecule has 0 aliphatic heterocycles. The van der Waals surface area contributed by atoms with Crippen molar-refractivity contribution in [2.45, 2.75) is 18.7 Å². The predicted octanol–water partition coefficient (Wildman–Crippen LogP) is 3.34. The van der Waals surface area contributed by atoms with E-state index >= 15 is 0 Å². The second-order valence-corrected chi connectivity index (χ2v) is 6.70. The Labute approximate surface area is 123 Å². The fourth-order valence-corrected chi connectivity index (χ4v) is 3.10. The molecule has 0 saturated carbocycles. The molecular formula is C14H15ClN2O2S. The first-order valence-electron chi connectivity index (χ1n) is 5.95. The first-order valence-corrected chi connectivity index (χ1v) is 7.81. The number of halogens is 1. The van der Waals surface area contributed by atoms with Gasteiger partial charge in [-0.3, -0.25) is 4.72 Å². The number of nitrogens with two attached hydrogens (primary N) is 1. The number of sulfonamides is 1. The minimum Gasteiger partial charge on any atom is -0.397 e. The molecule has 0 aromatic heterocycles. The molecule has 3 N–H and O–H groups in total. The topological polar surface area (TPSA) is 72.2 Å². The number of nitrogens with one attached hydrogen (secondary N) is 1. The fourth-order valence-electron chi connectivity index (χ4n) is 1.82. The van der Waals surface area contributed by atoms with E-state index in [0.717, 1.165) is 11.1 Å². The zero-order valence-corrected chi connectivity index (χ0v) is 12.7. The number of aryl methyl sites for hydroxylation is 2. The van der Waals surface area contributed by atoms with Gasteiger partial charge >= 0.3 is 0 Å². The Kier molecular flexibility index (Phi) is 3.92. The number of anilines is 2. The molecule has 0 aliphatic carbocycles. The number of hydrogen-bond acceptors (Lipinski definition) is 3. The molecule has 106 valence electrons. The summed E-state index contributed by atoms with van der Waals surface area (Å²) in [7, 11) is -3.68. The van der Waals surface area contributed by atoms with Crippen LogP contribution in [0.15, 0.2) is 41.3 Å². The van der Waals surface area contributed by atoms with Crippen molar-refractivity contribution in [1.29, 1.82) is 0 Å². The Morgan fingerprint density at radius 3 is 2.40 bits per heavy atom. The van der Waals surface area contributed by atoms with E-state index in [1.807, 2.05) is 26.0 Å². The van der Waals surface area contributed by atoms with Crippen LogP contribution < -0.4 is 10.5 Å². The standard InChI is InChI=1S/C14H15ClN2O2S/c1-9-3-6-14(10(2)7-9)17-20(18,19)11-4-5-12(15)13(16)8-11/h3-8,17H,16H2,1-2H3. The number of nitrogen functional groups attached to an aromatic ring is 1. The first kappa shape index (κ1) is 14.7. The quantitative estimate of drug-likeness (QED) is 0.854. The Balaban J connectivity index is 2.38. The lowest BCUT2D eigenvalue weighted by Crippen LogP contribution is -2.14. The highest BCUT2D eigenvalue weighted by molar-refractivity contribution is 7.92. The molecule has 4 nitrogen and oxygen atoms in total. The van der Waals surface area contributed by atoms with Crippen LogP contribution in [-0.4, -0.2) is 8.42 Å². The predicted molar refractivity (Wildman–Crippen MR) is 82.6 cm³/mol. The molecule has 6 heteroatoms. The molecule has 2 rings (SSSR count). The van der Waals surface area contributed by atoms with Crippen LogP contribution in [0.5, 0.6) is 0 Å². The molecule has 0 atom stereocenters. The molecule has 0 radical (unpaired) electrons. The second kappa shape index (κ2) is 5.34. The maximum Gasteiger partial charge on any atom is 0.261 e. The minimum atomic E-state index is -3.68. The van der Waals surface area contributed by atoms with Gasteiger partial charge in [0.05, 0.1) is 21.3 Å². The third-order valence-electron chi connectivity index (χ3n) is 2.90. The summed E-state index contributed by atoms with van der Waals surface area (Å²) in [5.41, 5.74) is 8.34. The van der Waals surface area contributed by atoms with Crippen molar-refractivity contribution in [3.63, 3.8) is 0 Å². The van der Waals surface area contributed by atoms with Gasteiger partial charge in [0, 0.05) is 0 Å². The molecule has 0 saturated heterocycles. The molecule has 0 fully saturated rings. The van der Waals surface area contributed by atoms with E-state index in [9.17, 15) is 8.42 Å². The zero-order chi connectivity index (χ0) is 14.9. The summed E-state index contributed by atoms with van der Waals surface area (Å²) in [6.07, 6.45) is 0. The molecule has 0 aliphatic rings. The molecule has 0 bridgehead atoms. The summed E-state index contributed by atoms with van der Waals surface area (Å²) in [5.74, 6) is 0. The van der Waals surface area contributed by atoms with Gasteiger partial charge in [0.25, 0.3) is 10.0 Å². The maximum absolute atomic E-state index is 12.3. The van der Waals surface area contributed by atoms with Gasteiger partial charge in [0.1, 0.15) is 0 Å². The molecule has 0 amide bonds. The minimum absolute atomic E-state index is 0.0828. The normalized spacial score (nSPS) is 11.3. The summed E-state index contributed by atoms with van der Waals surface area (Å²) < 4.78 is 27.1. The molecule has 0 spiro atoms. The van der Waals surface area contributed by atoms with Crippen LogP contribution in [0.25, 0.3) is 0 Å². The van der Waals surface area contributed by atoms with E-state index in [1.165, 1.54) is 18.2 Å². The van der Waals surface area contributed by atoms with Crippen molar-refractivity contribution >= 4 is 33.0 Å². The van der Waals surface area contributed by atoms with Gasteiger partial charge in [-0.15, -0.1) is 0 Å². The average molecular weight is 311 g/mol. The van der Waals surface area contributed by atoms with Crippen molar-refractivity contribution in [2.75, 3.05) is 10.5 Å². The molecule has 2 aromatic carbocycles. The van der Waals surface area contributed by atoms with Gasteiger partial charge in [0.15, 0.2) is 0 Å². The Hall–Kier alpha value is -1.72. The smallest absolute Gasteiger partial charge is 0.261 e. The SMILES string of the molecule is Cc1ccc(NS(=O)(=O)c2ccc(Cl)c(N)c2)c(C)c1. The Bertz CT molecular complexity index is 758. The van der Waals surface area contributed by atoms with Gasteiger partial charge in [0.2, 0.25) is 0 Å². The Morgan fingerprint density at radius 1 is 1.10 bits per heavy atom. The van der Waals surface area contributed by atoms with Gasteiger partial charge < -0.3 is 5.73 Å². The largest absolute Gasteiger partial charge is 0.397 e. The van der Waals surface area contributed by atoms with Crippen molar-refractivity contribution in [3.05, 3.63) is 52.5 Å². The molecule has 20 heavy (non-hydrogen) atoms.